The number of nitrogens with zero attached hydrogens (tertiary/aromatic N) is 2. The van der Waals surface area contributed by atoms with Crippen LogP contribution in [0, 0.1) is 0 Å². The number of thiocarbonyl (C=S) groups is 1. The zero-order valence-corrected chi connectivity index (χ0v) is 14.4. The van der Waals surface area contributed by atoms with Gasteiger partial charge in [-0.1, -0.05) is 60.7 Å². The third-order valence-corrected chi connectivity index (χ3v) is 4.08. The van der Waals surface area contributed by atoms with Gasteiger partial charge in [0.25, 0.3) is 0 Å². The first-order valence-corrected chi connectivity index (χ1v) is 8.08. The van der Waals surface area contributed by atoms with E-state index in [1.54, 1.807) is 7.05 Å². The summed E-state index contributed by atoms with van der Waals surface area (Å²) in [6.07, 6.45) is 0. The van der Waals surface area contributed by atoms with E-state index < -0.39 is 5.66 Å². The molecule has 1 aliphatic heterocycles. The maximum atomic E-state index is 5.12. The highest BCUT2D eigenvalue weighted by Crippen LogP contribution is 2.32. The number of hydrogen-bond donors (Lipinski definition) is 3. The van der Waals surface area contributed by atoms with Gasteiger partial charge >= 0.3 is 0 Å². The van der Waals surface area contributed by atoms with Gasteiger partial charge in [0, 0.05) is 18.2 Å². The number of hydrazine groups is 1. The third-order valence-electron chi connectivity index (χ3n) is 3.77. The van der Waals surface area contributed by atoms with Crippen molar-refractivity contribution in [1.82, 2.24) is 16.2 Å². The van der Waals surface area contributed by atoms with E-state index in [2.05, 4.69) is 16.2 Å². The lowest BCUT2D eigenvalue weighted by atomic mass is 10.0. The van der Waals surface area contributed by atoms with Crippen molar-refractivity contribution in [1.29, 1.82) is 0 Å². The minimum Gasteiger partial charge on any atom is -0.364 e. The maximum Gasteiger partial charge on any atom is 0.184 e. The summed E-state index contributed by atoms with van der Waals surface area (Å²) < 4.78 is 0. The fourth-order valence-electron chi connectivity index (χ4n) is 2.51. The number of rotatable bonds is 2. The molecule has 6 heteroatoms. The molecule has 122 valence electrons. The highest BCUT2D eigenvalue weighted by atomic mass is 32.1. The van der Waals surface area contributed by atoms with Crippen LogP contribution in [0.15, 0.2) is 70.6 Å². The number of amidine groups is 1. The van der Waals surface area contributed by atoms with Gasteiger partial charge in [-0.05, 0) is 19.1 Å². The van der Waals surface area contributed by atoms with E-state index in [1.807, 2.05) is 67.6 Å². The first kappa shape index (κ1) is 16.1. The first-order chi connectivity index (χ1) is 11.6. The predicted octanol–water partition coefficient (Wildman–Crippen LogP) is 2.36. The van der Waals surface area contributed by atoms with Gasteiger partial charge in [-0.3, -0.25) is 10.9 Å². The lowest BCUT2D eigenvalue weighted by Gasteiger charge is -2.17. The normalized spacial score (nSPS) is 19.2. The lowest BCUT2D eigenvalue weighted by molar-refractivity contribution is 0.538. The summed E-state index contributed by atoms with van der Waals surface area (Å²) in [4.78, 5) is 9.70. The molecule has 1 unspecified atom stereocenters. The Kier molecular flexibility index (Phi) is 4.57. The summed E-state index contributed by atoms with van der Waals surface area (Å²) in [6, 6.07) is 20.0. The molecule has 3 N–H and O–H groups in total. The Balaban J connectivity index is 1.98. The van der Waals surface area contributed by atoms with E-state index >= 15 is 0 Å². The summed E-state index contributed by atoms with van der Waals surface area (Å²) in [5, 5.41) is 3.34. The molecule has 1 atom stereocenters. The topological polar surface area (TPSA) is 60.8 Å². The second-order valence-corrected chi connectivity index (χ2v) is 5.91. The van der Waals surface area contributed by atoms with Gasteiger partial charge in [0.2, 0.25) is 0 Å². The minimum absolute atomic E-state index is 0.485. The van der Waals surface area contributed by atoms with Crippen LogP contribution in [0.5, 0.6) is 0 Å². The van der Waals surface area contributed by atoms with Crippen LogP contribution < -0.4 is 16.2 Å². The standard InChI is InChI=1S/C18H19N5S/c1-18(14-11-7-4-8-12-14)20-15(13-9-5-3-6-10-13)16(21-18)22-23-17(24)19-2/h3-12H,1-2H3,(H,21,22)(H2,19,23,24). The van der Waals surface area contributed by atoms with Gasteiger partial charge in [-0.2, -0.15) is 0 Å². The van der Waals surface area contributed by atoms with E-state index in [4.69, 9.17) is 22.2 Å². The highest BCUT2D eigenvalue weighted by molar-refractivity contribution is 7.80. The molecule has 1 heterocycles. The molecule has 0 aromatic heterocycles. The van der Waals surface area contributed by atoms with Crippen molar-refractivity contribution in [2.24, 2.45) is 9.98 Å². The van der Waals surface area contributed by atoms with E-state index in [1.165, 1.54) is 0 Å². The molecule has 2 aromatic rings. The smallest absolute Gasteiger partial charge is 0.184 e. The molecule has 1 aliphatic rings. The highest BCUT2D eigenvalue weighted by Gasteiger charge is 2.33. The molecule has 0 amide bonds. The molecule has 0 bridgehead atoms. The fraction of sp³-hybridized carbons (Fsp3) is 0.167. The number of hydrogen-bond acceptors (Lipinski definition) is 4. The van der Waals surface area contributed by atoms with Gasteiger partial charge in [-0.15, -0.1) is 0 Å². The van der Waals surface area contributed by atoms with Crippen LogP contribution >= 0.6 is 12.2 Å². The zero-order chi connectivity index (χ0) is 17.0. The number of aliphatic imine (C=N–C) groups is 2. The summed E-state index contributed by atoms with van der Waals surface area (Å²) >= 11 is 5.12. The average Bonchev–Trinajstić information content (AvgIpc) is 2.99. The molecule has 0 radical (unpaired) electrons. The van der Waals surface area contributed by atoms with Gasteiger partial charge in [0.05, 0.1) is 0 Å². The quantitative estimate of drug-likeness (QED) is 0.582. The third kappa shape index (κ3) is 3.28. The van der Waals surface area contributed by atoms with Gasteiger partial charge < -0.3 is 5.32 Å². The summed E-state index contributed by atoms with van der Waals surface area (Å²) in [6.45, 7) is 2.00. The number of benzene rings is 2. The Labute approximate surface area is 146 Å². The second kappa shape index (κ2) is 6.80. The first-order valence-electron chi connectivity index (χ1n) is 7.67. The minimum atomic E-state index is -0.669. The average molecular weight is 337 g/mol. The SMILES string of the molecule is CNC(=S)NNC1=NC(C)(c2ccccc2)N=C1c1ccccc1. The molecule has 3 rings (SSSR count). The van der Waals surface area contributed by atoms with Crippen LogP contribution in [0.4, 0.5) is 0 Å². The molecule has 0 aliphatic carbocycles. The monoisotopic (exact) mass is 337 g/mol. The van der Waals surface area contributed by atoms with Gasteiger partial charge in [0.1, 0.15) is 5.71 Å². The van der Waals surface area contributed by atoms with E-state index in [0.717, 1.165) is 16.8 Å². The van der Waals surface area contributed by atoms with Crippen LogP contribution in [0.25, 0.3) is 0 Å². The van der Waals surface area contributed by atoms with Crippen molar-refractivity contribution >= 4 is 28.9 Å². The van der Waals surface area contributed by atoms with Crippen molar-refractivity contribution < 1.29 is 0 Å². The Morgan fingerprint density at radius 1 is 0.958 bits per heavy atom. The molecular formula is C18H19N5S. The number of nitrogens with one attached hydrogen (secondary N) is 3. The Hall–Kier alpha value is -2.73. The van der Waals surface area contributed by atoms with Crippen molar-refractivity contribution in [3.63, 3.8) is 0 Å². The van der Waals surface area contributed by atoms with Crippen LogP contribution in [-0.2, 0) is 5.66 Å². The molecule has 5 nitrogen and oxygen atoms in total. The van der Waals surface area contributed by atoms with Crippen LogP contribution in [-0.4, -0.2) is 23.7 Å². The molecular weight excluding hydrogens is 318 g/mol. The van der Waals surface area contributed by atoms with Crippen molar-refractivity contribution in [3.8, 4) is 0 Å². The Morgan fingerprint density at radius 2 is 1.58 bits per heavy atom. The second-order valence-electron chi connectivity index (χ2n) is 5.50. The molecule has 0 spiro atoms. The summed E-state index contributed by atoms with van der Waals surface area (Å²) in [5.41, 5.74) is 8.16. The van der Waals surface area contributed by atoms with Crippen LogP contribution in [0.3, 0.4) is 0 Å². The largest absolute Gasteiger partial charge is 0.364 e. The Bertz CT molecular complexity index is 786. The maximum absolute atomic E-state index is 5.12. The van der Waals surface area contributed by atoms with Gasteiger partial charge in [-0.25, -0.2) is 9.98 Å². The summed E-state index contributed by atoms with van der Waals surface area (Å²) in [7, 11) is 1.76. The summed E-state index contributed by atoms with van der Waals surface area (Å²) in [5.74, 6) is 0.658. The Morgan fingerprint density at radius 3 is 2.21 bits per heavy atom. The molecule has 24 heavy (non-hydrogen) atoms. The predicted molar refractivity (Wildman–Crippen MR) is 102 cm³/mol. The molecule has 0 saturated carbocycles. The van der Waals surface area contributed by atoms with Crippen molar-refractivity contribution in [3.05, 3.63) is 71.8 Å². The van der Waals surface area contributed by atoms with Crippen molar-refractivity contribution in [2.75, 3.05) is 7.05 Å². The van der Waals surface area contributed by atoms with E-state index in [-0.39, 0.29) is 0 Å². The molecule has 0 saturated heterocycles. The van der Waals surface area contributed by atoms with E-state index in [0.29, 0.717) is 10.9 Å². The van der Waals surface area contributed by atoms with Crippen LogP contribution in [0.2, 0.25) is 0 Å². The molecule has 0 fully saturated rings. The van der Waals surface area contributed by atoms with Gasteiger partial charge in [0.15, 0.2) is 16.6 Å². The van der Waals surface area contributed by atoms with Crippen molar-refractivity contribution in [2.45, 2.75) is 12.6 Å². The fourth-order valence-corrected chi connectivity index (χ4v) is 2.56. The van der Waals surface area contributed by atoms with Crippen LogP contribution in [0.1, 0.15) is 18.1 Å². The lowest BCUT2D eigenvalue weighted by Crippen LogP contribution is -2.47. The van der Waals surface area contributed by atoms with E-state index in [9.17, 15) is 0 Å². The zero-order valence-electron chi connectivity index (χ0n) is 13.6. The molecule has 2 aromatic carbocycles.